The van der Waals surface area contributed by atoms with E-state index in [0.717, 1.165) is 23.0 Å². The Balaban J connectivity index is 2.27. The summed E-state index contributed by atoms with van der Waals surface area (Å²) in [5.41, 5.74) is 2.38. The zero-order valence-corrected chi connectivity index (χ0v) is 14.3. The number of hydrogen-bond acceptors (Lipinski definition) is 5. The second-order valence-electron chi connectivity index (χ2n) is 5.85. The number of hydrogen-bond donors (Lipinski definition) is 3. The quantitative estimate of drug-likeness (QED) is 0.494. The van der Waals surface area contributed by atoms with Crippen molar-refractivity contribution in [3.63, 3.8) is 0 Å². The van der Waals surface area contributed by atoms with Crippen LogP contribution in [-0.2, 0) is 0 Å². The molecule has 0 aliphatic carbocycles. The molecule has 0 saturated carbocycles. The number of para-hydroxylation sites is 1. The van der Waals surface area contributed by atoms with Crippen LogP contribution in [0.4, 0.5) is 11.5 Å². The minimum atomic E-state index is -0.568. The number of benzene rings is 2. The van der Waals surface area contributed by atoms with E-state index in [1.54, 1.807) is 0 Å². The minimum absolute atomic E-state index is 0.0246. The van der Waals surface area contributed by atoms with Crippen LogP contribution in [0.5, 0.6) is 0 Å². The number of rotatable bonds is 5. The highest BCUT2D eigenvalue weighted by Crippen LogP contribution is 2.29. The lowest BCUT2D eigenvalue weighted by molar-refractivity contribution is 0.174. The van der Waals surface area contributed by atoms with Gasteiger partial charge in [-0.3, -0.25) is 15.4 Å². The highest BCUT2D eigenvalue weighted by Gasteiger charge is 2.15. The van der Waals surface area contributed by atoms with Crippen molar-refractivity contribution in [1.82, 2.24) is 9.55 Å². The van der Waals surface area contributed by atoms with Gasteiger partial charge in [0.25, 0.3) is 0 Å². The molecule has 2 aromatic carbocycles. The van der Waals surface area contributed by atoms with Crippen LogP contribution in [0.2, 0.25) is 0 Å². The van der Waals surface area contributed by atoms with E-state index >= 15 is 0 Å². The van der Waals surface area contributed by atoms with E-state index in [1.165, 1.54) is 4.57 Å². The molecule has 0 aliphatic heterocycles. The molecule has 0 bridgehead atoms. The first-order valence-corrected chi connectivity index (χ1v) is 8.15. The maximum atomic E-state index is 10.1. The van der Waals surface area contributed by atoms with Gasteiger partial charge in [0.1, 0.15) is 5.82 Å². The minimum Gasteiger partial charge on any atom is -0.388 e. The molecule has 0 spiro atoms. The number of aliphatic hydroxyl groups excluding tert-OH is 1. The fourth-order valence-electron chi connectivity index (χ4n) is 2.87. The third-order valence-corrected chi connectivity index (χ3v) is 4.32. The summed E-state index contributed by atoms with van der Waals surface area (Å²) in [6.45, 7) is 1.91. The number of aromatic nitrogens is 2. The summed E-state index contributed by atoms with van der Waals surface area (Å²) in [5, 5.41) is 26.8. The Morgan fingerprint density at radius 1 is 1.24 bits per heavy atom. The van der Waals surface area contributed by atoms with Gasteiger partial charge >= 0.3 is 0 Å². The summed E-state index contributed by atoms with van der Waals surface area (Å²) in [7, 11) is 1.90. The second kappa shape index (κ2) is 6.86. The third kappa shape index (κ3) is 3.04. The maximum absolute atomic E-state index is 10.1. The molecule has 1 atom stereocenters. The predicted octanol–water partition coefficient (Wildman–Crippen LogP) is 3.18. The Bertz CT molecular complexity index is 965. The van der Waals surface area contributed by atoms with Crippen molar-refractivity contribution in [2.24, 2.45) is 0 Å². The topological polar surface area (TPSA) is 89.0 Å². The van der Waals surface area contributed by atoms with Crippen molar-refractivity contribution < 1.29 is 5.11 Å². The second-order valence-corrected chi connectivity index (χ2v) is 5.85. The Labute approximate surface area is 146 Å². The number of aliphatic hydroxyl groups is 1. The van der Waals surface area contributed by atoms with Gasteiger partial charge in [-0.15, -0.1) is 0 Å². The van der Waals surface area contributed by atoms with Crippen LogP contribution < -0.4 is 10.5 Å². The van der Waals surface area contributed by atoms with E-state index < -0.39 is 6.10 Å². The van der Waals surface area contributed by atoms with E-state index in [4.69, 9.17) is 10.8 Å². The lowest BCUT2D eigenvalue weighted by atomic mass is 10.0. The Morgan fingerprint density at radius 2 is 1.96 bits per heavy atom. The number of nitrogens with zero attached hydrogens (tertiary/aromatic N) is 3. The molecule has 3 aromatic rings. The first-order valence-electron chi connectivity index (χ1n) is 8.15. The number of fused-ring (bicyclic) bond motifs is 1. The van der Waals surface area contributed by atoms with E-state index in [2.05, 4.69) is 4.98 Å². The molecule has 0 saturated heterocycles. The fraction of sp³-hybridized carbons (Fsp3) is 0.211. The summed E-state index contributed by atoms with van der Waals surface area (Å²) < 4.78 is 1.41. The molecule has 128 valence electrons. The van der Waals surface area contributed by atoms with Crippen LogP contribution in [0.1, 0.15) is 25.0 Å². The van der Waals surface area contributed by atoms with Crippen LogP contribution >= 0.6 is 0 Å². The van der Waals surface area contributed by atoms with Crippen molar-refractivity contribution in [2.45, 2.75) is 19.4 Å². The van der Waals surface area contributed by atoms with Gasteiger partial charge in [-0.25, -0.2) is 0 Å². The summed E-state index contributed by atoms with van der Waals surface area (Å²) in [6.07, 6.45) is 1.11. The molecule has 0 aliphatic rings. The first kappa shape index (κ1) is 16.9. The lowest BCUT2D eigenvalue weighted by Crippen LogP contribution is -2.26. The van der Waals surface area contributed by atoms with E-state index in [0.29, 0.717) is 17.8 Å². The molecule has 0 fully saturated rings. The monoisotopic (exact) mass is 335 g/mol. The summed E-state index contributed by atoms with van der Waals surface area (Å²) in [5.74, 6) is 0.641. The smallest absolute Gasteiger partial charge is 0.229 e. The van der Waals surface area contributed by atoms with Gasteiger partial charge in [-0.05, 0) is 36.2 Å². The van der Waals surface area contributed by atoms with Crippen LogP contribution in [0.3, 0.4) is 0 Å². The van der Waals surface area contributed by atoms with Crippen molar-refractivity contribution in [3.8, 4) is 0 Å². The molecule has 1 unspecified atom stereocenters. The molecule has 25 heavy (non-hydrogen) atoms. The molecular weight excluding hydrogens is 314 g/mol. The summed E-state index contributed by atoms with van der Waals surface area (Å²) in [4.78, 5) is 6.31. The molecule has 1 aromatic heterocycles. The summed E-state index contributed by atoms with van der Waals surface area (Å²) >= 11 is 0. The predicted molar refractivity (Wildman–Crippen MR) is 99.5 cm³/mol. The third-order valence-electron chi connectivity index (χ3n) is 4.32. The average Bonchev–Trinajstić information content (AvgIpc) is 2.66. The van der Waals surface area contributed by atoms with Gasteiger partial charge in [0, 0.05) is 18.1 Å². The van der Waals surface area contributed by atoms with Crippen LogP contribution in [0, 0.1) is 10.8 Å². The van der Waals surface area contributed by atoms with Crippen molar-refractivity contribution in [1.29, 1.82) is 10.8 Å². The van der Waals surface area contributed by atoms with E-state index in [9.17, 15) is 5.11 Å². The van der Waals surface area contributed by atoms with E-state index in [-0.39, 0.29) is 5.62 Å². The Morgan fingerprint density at radius 3 is 2.60 bits per heavy atom. The zero-order chi connectivity index (χ0) is 18.0. The Hall–Kier alpha value is -2.99. The first-order chi connectivity index (χ1) is 12.1. The number of nitrogens with one attached hydrogen (secondary N) is 2. The molecule has 0 amide bonds. The fourth-order valence-corrected chi connectivity index (χ4v) is 2.87. The van der Waals surface area contributed by atoms with Gasteiger partial charge in [0.15, 0.2) is 0 Å². The van der Waals surface area contributed by atoms with E-state index in [1.807, 2.05) is 67.4 Å². The lowest BCUT2D eigenvalue weighted by Gasteiger charge is -2.21. The molecule has 1 heterocycles. The largest absolute Gasteiger partial charge is 0.388 e. The van der Waals surface area contributed by atoms with Gasteiger partial charge < -0.3 is 10.0 Å². The normalized spacial score (nSPS) is 12.1. The molecule has 3 rings (SSSR count). The van der Waals surface area contributed by atoms with Crippen LogP contribution in [-0.4, -0.2) is 28.0 Å². The molecule has 0 radical (unpaired) electrons. The van der Waals surface area contributed by atoms with Gasteiger partial charge in [0.2, 0.25) is 5.62 Å². The molecule has 6 heteroatoms. The highest BCUT2D eigenvalue weighted by molar-refractivity contribution is 5.94. The molecule has 3 N–H and O–H groups in total. The van der Waals surface area contributed by atoms with Gasteiger partial charge in [-0.2, -0.15) is 4.98 Å². The molecular formula is C19H21N5O. The van der Waals surface area contributed by atoms with Crippen molar-refractivity contribution in [2.75, 3.05) is 11.9 Å². The van der Waals surface area contributed by atoms with Crippen molar-refractivity contribution >= 4 is 28.7 Å². The Kier molecular flexibility index (Phi) is 4.63. The van der Waals surface area contributed by atoms with Gasteiger partial charge in [-0.1, -0.05) is 31.2 Å². The standard InChI is InChI=1S/C19H21N5O/c1-3-17(25)13-9-10-15-16(11-13)24(12-20)19(21)22-18(15)23(2)14-7-5-4-6-8-14/h4-12,17,20-21,25H,3H2,1-2H3. The maximum Gasteiger partial charge on any atom is 0.229 e. The average molecular weight is 335 g/mol. The SMILES string of the molecule is CCC(O)c1ccc2c(N(C)c3ccccc3)nc(=N)n(C=N)c2c1. The molecule has 6 nitrogen and oxygen atoms in total. The van der Waals surface area contributed by atoms with Crippen LogP contribution in [0.25, 0.3) is 10.9 Å². The zero-order valence-electron chi connectivity index (χ0n) is 14.3. The van der Waals surface area contributed by atoms with Crippen molar-refractivity contribution in [3.05, 3.63) is 59.7 Å². The van der Waals surface area contributed by atoms with Gasteiger partial charge in [0.05, 0.1) is 18.0 Å². The summed E-state index contributed by atoms with van der Waals surface area (Å²) in [6, 6.07) is 15.4. The highest BCUT2D eigenvalue weighted by atomic mass is 16.3. The number of anilines is 2. The van der Waals surface area contributed by atoms with Crippen LogP contribution in [0.15, 0.2) is 48.5 Å².